The van der Waals surface area contributed by atoms with Crippen molar-refractivity contribution in [1.82, 2.24) is 9.97 Å². The summed E-state index contributed by atoms with van der Waals surface area (Å²) in [6.07, 6.45) is 2.87. The monoisotopic (exact) mass is 358 g/mol. The van der Waals surface area contributed by atoms with Gasteiger partial charge in [-0.2, -0.15) is 0 Å². The van der Waals surface area contributed by atoms with Gasteiger partial charge < -0.3 is 15.1 Å². The summed E-state index contributed by atoms with van der Waals surface area (Å²) >= 11 is 0. The van der Waals surface area contributed by atoms with Gasteiger partial charge in [0.15, 0.2) is 5.76 Å². The number of amides is 2. The molecule has 2 aromatic carbocycles. The van der Waals surface area contributed by atoms with Crippen molar-refractivity contribution in [3.8, 4) is 0 Å². The number of nitrogens with zero attached hydrogens (tertiary/aromatic N) is 2. The summed E-state index contributed by atoms with van der Waals surface area (Å²) in [5.41, 5.74) is 2.77. The SMILES string of the molecule is O=C(Nc1ccc(NC(=O)c2ccco2)cc1)c1cnc2ccccc2n1. The molecule has 0 fully saturated rings. The zero-order valence-electron chi connectivity index (χ0n) is 14.0. The van der Waals surface area contributed by atoms with Gasteiger partial charge in [-0.05, 0) is 48.5 Å². The van der Waals surface area contributed by atoms with E-state index in [9.17, 15) is 9.59 Å². The van der Waals surface area contributed by atoms with Gasteiger partial charge in [-0.25, -0.2) is 4.98 Å². The first kappa shape index (κ1) is 16.5. The van der Waals surface area contributed by atoms with Crippen LogP contribution in [0.2, 0.25) is 0 Å². The van der Waals surface area contributed by atoms with Gasteiger partial charge in [0.05, 0.1) is 23.5 Å². The predicted octanol–water partition coefficient (Wildman–Crippen LogP) is 3.73. The number of fused-ring (bicyclic) bond motifs is 1. The molecule has 2 aromatic heterocycles. The Bertz CT molecular complexity index is 1110. The fourth-order valence-corrected chi connectivity index (χ4v) is 2.50. The summed E-state index contributed by atoms with van der Waals surface area (Å²) < 4.78 is 5.04. The number of para-hydroxylation sites is 2. The molecule has 0 aliphatic carbocycles. The Labute approximate surface area is 154 Å². The maximum atomic E-state index is 12.4. The van der Waals surface area contributed by atoms with Gasteiger partial charge in [0.2, 0.25) is 0 Å². The Kier molecular flexibility index (Phi) is 4.32. The van der Waals surface area contributed by atoms with Crippen LogP contribution in [0.4, 0.5) is 11.4 Å². The van der Waals surface area contributed by atoms with Gasteiger partial charge in [-0.1, -0.05) is 12.1 Å². The second-order valence-electron chi connectivity index (χ2n) is 5.71. The van der Waals surface area contributed by atoms with Crippen molar-refractivity contribution in [3.05, 3.63) is 84.6 Å². The molecule has 7 heteroatoms. The normalized spacial score (nSPS) is 10.5. The second-order valence-corrected chi connectivity index (χ2v) is 5.71. The van der Waals surface area contributed by atoms with E-state index in [0.717, 1.165) is 5.52 Å². The van der Waals surface area contributed by atoms with Crippen LogP contribution in [-0.2, 0) is 0 Å². The van der Waals surface area contributed by atoms with Crippen LogP contribution in [-0.4, -0.2) is 21.8 Å². The number of hydrogen-bond acceptors (Lipinski definition) is 5. The topological polar surface area (TPSA) is 97.1 Å². The Morgan fingerprint density at radius 3 is 2.11 bits per heavy atom. The smallest absolute Gasteiger partial charge is 0.291 e. The largest absolute Gasteiger partial charge is 0.459 e. The number of carbonyl (C=O) groups excluding carboxylic acids is 2. The maximum absolute atomic E-state index is 12.4. The number of carbonyl (C=O) groups is 2. The first-order valence-corrected chi connectivity index (χ1v) is 8.17. The van der Waals surface area contributed by atoms with Gasteiger partial charge in [-0.15, -0.1) is 0 Å². The predicted molar refractivity (Wildman–Crippen MR) is 101 cm³/mol. The van der Waals surface area contributed by atoms with Gasteiger partial charge >= 0.3 is 0 Å². The average Bonchev–Trinajstić information content (AvgIpc) is 3.24. The highest BCUT2D eigenvalue weighted by atomic mass is 16.3. The third-order valence-electron chi connectivity index (χ3n) is 3.83. The summed E-state index contributed by atoms with van der Waals surface area (Å²) in [6.45, 7) is 0. The molecule has 2 N–H and O–H groups in total. The molecule has 7 nitrogen and oxygen atoms in total. The fourth-order valence-electron chi connectivity index (χ4n) is 2.50. The van der Waals surface area contributed by atoms with Crippen LogP contribution in [0.15, 0.2) is 77.5 Å². The molecule has 2 amide bonds. The summed E-state index contributed by atoms with van der Waals surface area (Å²) in [5, 5.41) is 5.47. The van der Waals surface area contributed by atoms with Crippen molar-refractivity contribution in [1.29, 1.82) is 0 Å². The summed E-state index contributed by atoms with van der Waals surface area (Å²) in [4.78, 5) is 32.9. The zero-order chi connectivity index (χ0) is 18.6. The molecular formula is C20H14N4O3. The molecule has 0 aliphatic heterocycles. The van der Waals surface area contributed by atoms with Gasteiger partial charge in [0.1, 0.15) is 5.69 Å². The van der Waals surface area contributed by atoms with Crippen molar-refractivity contribution >= 4 is 34.2 Å². The van der Waals surface area contributed by atoms with Crippen molar-refractivity contribution in [3.63, 3.8) is 0 Å². The lowest BCUT2D eigenvalue weighted by molar-refractivity contribution is 0.0994. The molecule has 2 heterocycles. The van der Waals surface area contributed by atoms with Crippen LogP contribution in [0.5, 0.6) is 0 Å². The molecule has 0 radical (unpaired) electrons. The van der Waals surface area contributed by atoms with Gasteiger partial charge in [0, 0.05) is 11.4 Å². The molecule has 4 aromatic rings. The lowest BCUT2D eigenvalue weighted by Gasteiger charge is -2.07. The first-order valence-electron chi connectivity index (χ1n) is 8.17. The average molecular weight is 358 g/mol. The Morgan fingerprint density at radius 2 is 1.44 bits per heavy atom. The van der Waals surface area contributed by atoms with E-state index in [1.165, 1.54) is 12.5 Å². The maximum Gasteiger partial charge on any atom is 0.291 e. The molecule has 4 rings (SSSR count). The zero-order valence-corrected chi connectivity index (χ0v) is 14.0. The minimum Gasteiger partial charge on any atom is -0.459 e. The molecule has 0 unspecified atom stereocenters. The highest BCUT2D eigenvalue weighted by Gasteiger charge is 2.11. The van der Waals surface area contributed by atoms with E-state index in [1.807, 2.05) is 18.2 Å². The molecule has 0 bridgehead atoms. The van der Waals surface area contributed by atoms with E-state index in [2.05, 4.69) is 20.6 Å². The quantitative estimate of drug-likeness (QED) is 0.579. The minimum atomic E-state index is -0.361. The third kappa shape index (κ3) is 3.67. The summed E-state index contributed by atoms with van der Waals surface area (Å²) in [7, 11) is 0. The molecule has 27 heavy (non-hydrogen) atoms. The van der Waals surface area contributed by atoms with Crippen molar-refractivity contribution in [2.75, 3.05) is 10.6 Å². The number of aromatic nitrogens is 2. The van der Waals surface area contributed by atoms with Crippen molar-refractivity contribution in [2.45, 2.75) is 0 Å². The highest BCUT2D eigenvalue weighted by molar-refractivity contribution is 6.04. The number of rotatable bonds is 4. The highest BCUT2D eigenvalue weighted by Crippen LogP contribution is 2.16. The van der Waals surface area contributed by atoms with E-state index in [4.69, 9.17) is 4.42 Å². The van der Waals surface area contributed by atoms with Crippen LogP contribution in [0.25, 0.3) is 11.0 Å². The molecular weight excluding hydrogens is 344 g/mol. The molecule has 0 saturated heterocycles. The standard InChI is InChI=1S/C20H14N4O3/c25-19(17-12-21-15-4-1-2-5-16(15)24-17)22-13-7-9-14(10-8-13)23-20(26)18-6-3-11-27-18/h1-12H,(H,22,25)(H,23,26). The molecule has 0 saturated carbocycles. The lowest BCUT2D eigenvalue weighted by atomic mass is 10.2. The minimum absolute atomic E-state index is 0.224. The molecule has 0 spiro atoms. The molecule has 0 atom stereocenters. The van der Waals surface area contributed by atoms with Crippen LogP contribution in [0, 0.1) is 0 Å². The molecule has 0 aliphatic rings. The Balaban J connectivity index is 1.44. The van der Waals surface area contributed by atoms with Crippen LogP contribution >= 0.6 is 0 Å². The first-order chi connectivity index (χ1) is 13.2. The van der Waals surface area contributed by atoms with E-state index in [1.54, 1.807) is 42.5 Å². The summed E-state index contributed by atoms with van der Waals surface area (Å²) in [6, 6.07) is 17.3. The van der Waals surface area contributed by atoms with Crippen LogP contribution in [0.3, 0.4) is 0 Å². The number of nitrogens with one attached hydrogen (secondary N) is 2. The third-order valence-corrected chi connectivity index (χ3v) is 3.83. The summed E-state index contributed by atoms with van der Waals surface area (Å²) in [5.74, 6) is -0.480. The lowest BCUT2D eigenvalue weighted by Crippen LogP contribution is -2.14. The van der Waals surface area contributed by atoms with Crippen molar-refractivity contribution < 1.29 is 14.0 Å². The van der Waals surface area contributed by atoms with Crippen molar-refractivity contribution in [2.24, 2.45) is 0 Å². The number of furan rings is 1. The Hall–Kier alpha value is -4.00. The van der Waals surface area contributed by atoms with E-state index in [0.29, 0.717) is 16.9 Å². The van der Waals surface area contributed by atoms with E-state index in [-0.39, 0.29) is 23.3 Å². The molecule has 132 valence electrons. The second kappa shape index (κ2) is 7.09. The van der Waals surface area contributed by atoms with E-state index < -0.39 is 0 Å². The Morgan fingerprint density at radius 1 is 0.778 bits per heavy atom. The van der Waals surface area contributed by atoms with Crippen LogP contribution < -0.4 is 10.6 Å². The van der Waals surface area contributed by atoms with Gasteiger partial charge in [0.25, 0.3) is 11.8 Å². The number of benzene rings is 2. The fraction of sp³-hybridized carbons (Fsp3) is 0. The van der Waals surface area contributed by atoms with Crippen LogP contribution in [0.1, 0.15) is 21.0 Å². The van der Waals surface area contributed by atoms with Gasteiger partial charge in [-0.3, -0.25) is 14.6 Å². The number of anilines is 2. The number of hydrogen-bond donors (Lipinski definition) is 2. The van der Waals surface area contributed by atoms with E-state index >= 15 is 0 Å².